The fourth-order valence-corrected chi connectivity index (χ4v) is 3.85. The van der Waals surface area contributed by atoms with Crippen LogP contribution < -0.4 is 15.4 Å². The number of carbonyl (C=O) groups excluding carboxylic acids is 1. The summed E-state index contributed by atoms with van der Waals surface area (Å²) in [4.78, 5) is 12.1. The Bertz CT molecular complexity index is 684. The fraction of sp³-hybridized carbons (Fsp3) is 0.533. The van der Waals surface area contributed by atoms with E-state index in [0.717, 1.165) is 37.1 Å². The molecule has 8 heteroatoms. The average molecular weight is 339 g/mol. The van der Waals surface area contributed by atoms with Gasteiger partial charge in [-0.25, -0.2) is 13.1 Å². The van der Waals surface area contributed by atoms with Gasteiger partial charge >= 0.3 is 0 Å². The molecule has 3 rings (SSSR count). The molecule has 1 aromatic carbocycles. The number of piperidine rings is 1. The van der Waals surface area contributed by atoms with Crippen LogP contribution in [-0.4, -0.2) is 40.0 Å². The number of fused-ring (bicyclic) bond motifs is 1. The number of nitrogens with one attached hydrogen (secondary N) is 3. The fourth-order valence-electron chi connectivity index (χ4n) is 2.81. The van der Waals surface area contributed by atoms with Crippen molar-refractivity contribution in [2.45, 2.75) is 37.0 Å². The van der Waals surface area contributed by atoms with E-state index >= 15 is 0 Å². The highest BCUT2D eigenvalue weighted by atomic mass is 32.2. The van der Waals surface area contributed by atoms with E-state index in [9.17, 15) is 13.2 Å². The lowest BCUT2D eigenvalue weighted by molar-refractivity contribution is -0.120. The van der Waals surface area contributed by atoms with E-state index in [0.29, 0.717) is 13.2 Å². The number of hydrogen-bond donors (Lipinski definition) is 3. The second-order valence-electron chi connectivity index (χ2n) is 5.86. The van der Waals surface area contributed by atoms with Crippen LogP contribution in [0.25, 0.3) is 0 Å². The van der Waals surface area contributed by atoms with Crippen LogP contribution in [0, 0.1) is 0 Å². The minimum Gasteiger partial charge on any atom is -0.372 e. The van der Waals surface area contributed by atoms with Crippen LogP contribution in [-0.2, 0) is 32.8 Å². The molecule has 1 atom stereocenters. The number of amides is 1. The molecule has 23 heavy (non-hydrogen) atoms. The smallest absolute Gasteiger partial charge is 0.241 e. The largest absolute Gasteiger partial charge is 0.372 e. The molecule has 2 heterocycles. The number of hydrogen-bond acceptors (Lipinski definition) is 5. The Morgan fingerprint density at radius 1 is 1.30 bits per heavy atom. The number of ether oxygens (including phenoxy) is 1. The molecule has 2 aliphatic heterocycles. The van der Waals surface area contributed by atoms with Crippen molar-refractivity contribution in [1.82, 2.24) is 15.4 Å². The van der Waals surface area contributed by atoms with E-state index in [1.54, 1.807) is 18.2 Å². The predicted octanol–water partition coefficient (Wildman–Crippen LogP) is -0.137. The highest BCUT2D eigenvalue weighted by molar-refractivity contribution is 7.89. The molecule has 7 nitrogen and oxygen atoms in total. The molecule has 1 unspecified atom stereocenters. The van der Waals surface area contributed by atoms with Gasteiger partial charge < -0.3 is 15.4 Å². The molecular weight excluding hydrogens is 318 g/mol. The van der Waals surface area contributed by atoms with E-state index < -0.39 is 10.0 Å². The topological polar surface area (TPSA) is 96.5 Å². The van der Waals surface area contributed by atoms with Gasteiger partial charge in [0, 0.05) is 12.6 Å². The first-order valence-corrected chi connectivity index (χ1v) is 9.22. The molecule has 1 aromatic rings. The van der Waals surface area contributed by atoms with Gasteiger partial charge in [0.1, 0.15) is 0 Å². The highest BCUT2D eigenvalue weighted by Gasteiger charge is 2.21. The average Bonchev–Trinajstić information content (AvgIpc) is 3.02. The van der Waals surface area contributed by atoms with Crippen molar-refractivity contribution in [3.63, 3.8) is 0 Å². The molecular formula is C15H21N3O4S. The van der Waals surface area contributed by atoms with Crippen LogP contribution >= 0.6 is 0 Å². The maximum absolute atomic E-state index is 12.3. The van der Waals surface area contributed by atoms with E-state index in [1.807, 2.05) is 0 Å². The van der Waals surface area contributed by atoms with E-state index in [2.05, 4.69) is 15.4 Å². The Balaban J connectivity index is 1.57. The Kier molecular flexibility index (Phi) is 4.96. The van der Waals surface area contributed by atoms with Crippen LogP contribution in [0.3, 0.4) is 0 Å². The summed E-state index contributed by atoms with van der Waals surface area (Å²) in [6, 6.07) is 4.97. The maximum atomic E-state index is 12.3. The Morgan fingerprint density at radius 3 is 2.91 bits per heavy atom. The van der Waals surface area contributed by atoms with E-state index in [1.165, 1.54) is 0 Å². The first kappa shape index (κ1) is 16.4. The summed E-state index contributed by atoms with van der Waals surface area (Å²) in [5.41, 5.74) is 1.89. The van der Waals surface area contributed by atoms with Crippen molar-refractivity contribution < 1.29 is 17.9 Å². The maximum Gasteiger partial charge on any atom is 0.241 e. The Labute approximate surface area is 135 Å². The third-order valence-electron chi connectivity index (χ3n) is 4.09. The highest BCUT2D eigenvalue weighted by Crippen LogP contribution is 2.22. The van der Waals surface area contributed by atoms with Crippen molar-refractivity contribution in [2.75, 3.05) is 19.6 Å². The van der Waals surface area contributed by atoms with Gasteiger partial charge in [-0.2, -0.15) is 0 Å². The molecule has 0 spiro atoms. The third kappa shape index (κ3) is 4.08. The minimum atomic E-state index is -3.70. The molecule has 1 amide bonds. The SMILES string of the molecule is O=C(CNS(=O)(=O)c1ccc2c(c1)COC2)NC1CCCNC1. The molecule has 0 bridgehead atoms. The van der Waals surface area contributed by atoms with Crippen LogP contribution in [0.5, 0.6) is 0 Å². The second kappa shape index (κ2) is 6.96. The minimum absolute atomic E-state index is 0.0675. The van der Waals surface area contributed by atoms with Crippen LogP contribution in [0.4, 0.5) is 0 Å². The van der Waals surface area contributed by atoms with Gasteiger partial charge in [0.15, 0.2) is 0 Å². The molecule has 0 radical (unpaired) electrons. The third-order valence-corrected chi connectivity index (χ3v) is 5.49. The summed E-state index contributed by atoms with van der Waals surface area (Å²) in [7, 11) is -3.70. The first-order valence-electron chi connectivity index (χ1n) is 7.74. The van der Waals surface area contributed by atoms with Gasteiger partial charge in [0.25, 0.3) is 0 Å². The van der Waals surface area contributed by atoms with Crippen molar-refractivity contribution >= 4 is 15.9 Å². The van der Waals surface area contributed by atoms with Gasteiger partial charge in [-0.3, -0.25) is 4.79 Å². The van der Waals surface area contributed by atoms with Crippen molar-refractivity contribution in [1.29, 1.82) is 0 Å². The van der Waals surface area contributed by atoms with Gasteiger partial charge in [-0.05, 0) is 42.6 Å². The molecule has 0 aliphatic carbocycles. The molecule has 0 saturated carbocycles. The molecule has 1 saturated heterocycles. The Hall–Kier alpha value is -1.48. The lowest BCUT2D eigenvalue weighted by atomic mass is 10.1. The predicted molar refractivity (Wildman–Crippen MR) is 84.2 cm³/mol. The monoisotopic (exact) mass is 339 g/mol. The summed E-state index contributed by atoms with van der Waals surface area (Å²) in [6.45, 7) is 2.37. The van der Waals surface area contributed by atoms with Crippen molar-refractivity contribution in [3.05, 3.63) is 29.3 Å². The summed E-state index contributed by atoms with van der Waals surface area (Å²) in [5.74, 6) is -0.313. The summed E-state index contributed by atoms with van der Waals surface area (Å²) >= 11 is 0. The van der Waals surface area contributed by atoms with Crippen LogP contribution in [0.1, 0.15) is 24.0 Å². The quantitative estimate of drug-likeness (QED) is 0.694. The zero-order valence-corrected chi connectivity index (χ0v) is 13.6. The lowest BCUT2D eigenvalue weighted by Crippen LogP contribution is -2.48. The van der Waals surface area contributed by atoms with Crippen molar-refractivity contribution in [3.8, 4) is 0 Å². The molecule has 0 aromatic heterocycles. The summed E-state index contributed by atoms with van der Waals surface area (Å²) in [6.07, 6.45) is 1.92. The van der Waals surface area contributed by atoms with E-state index in [-0.39, 0.29) is 23.4 Å². The summed E-state index contributed by atoms with van der Waals surface area (Å²) in [5, 5.41) is 6.03. The normalized spacial score (nSPS) is 21.0. The van der Waals surface area contributed by atoms with E-state index in [4.69, 9.17) is 4.74 Å². The standard InChI is InChI=1S/C15H21N3O4S/c19-15(18-13-2-1-5-16-7-13)8-17-23(20,21)14-4-3-11-9-22-10-12(11)6-14/h3-4,6,13,16-17H,1-2,5,7-10H2,(H,18,19). The zero-order chi connectivity index (χ0) is 16.3. The van der Waals surface area contributed by atoms with Crippen LogP contribution in [0.2, 0.25) is 0 Å². The molecule has 126 valence electrons. The first-order chi connectivity index (χ1) is 11.0. The van der Waals surface area contributed by atoms with Gasteiger partial charge in [0.05, 0.1) is 24.7 Å². The van der Waals surface area contributed by atoms with Crippen LogP contribution in [0.15, 0.2) is 23.1 Å². The lowest BCUT2D eigenvalue weighted by Gasteiger charge is -2.23. The zero-order valence-electron chi connectivity index (χ0n) is 12.8. The number of rotatable bonds is 5. The molecule has 3 N–H and O–H groups in total. The van der Waals surface area contributed by atoms with Gasteiger partial charge in [-0.15, -0.1) is 0 Å². The van der Waals surface area contributed by atoms with Gasteiger partial charge in [-0.1, -0.05) is 6.07 Å². The number of benzene rings is 1. The Morgan fingerprint density at radius 2 is 2.13 bits per heavy atom. The number of carbonyl (C=O) groups is 1. The van der Waals surface area contributed by atoms with Crippen molar-refractivity contribution in [2.24, 2.45) is 0 Å². The summed E-state index contributed by atoms with van der Waals surface area (Å²) < 4.78 is 32.2. The molecule has 2 aliphatic rings. The molecule has 1 fully saturated rings. The van der Waals surface area contributed by atoms with Gasteiger partial charge in [0.2, 0.25) is 15.9 Å². The number of sulfonamides is 1. The second-order valence-corrected chi connectivity index (χ2v) is 7.63.